The first-order valence-electron chi connectivity index (χ1n) is 6.26. The van der Waals surface area contributed by atoms with Gasteiger partial charge in [-0.15, -0.1) is 0 Å². The number of aliphatic hydroxyl groups is 1. The zero-order valence-electron chi connectivity index (χ0n) is 10.8. The van der Waals surface area contributed by atoms with Crippen molar-refractivity contribution in [2.24, 2.45) is 5.92 Å². The molecule has 18 heavy (non-hydrogen) atoms. The third kappa shape index (κ3) is 2.48. The SMILES string of the molecule is Cc1cc(O)ccc1C(=O)N1CCC(O)C(C)C1. The number of likely N-dealkylation sites (tertiary alicyclic amines) is 1. The van der Waals surface area contributed by atoms with Crippen LogP contribution < -0.4 is 0 Å². The maximum atomic E-state index is 12.3. The highest BCUT2D eigenvalue weighted by molar-refractivity contribution is 5.95. The van der Waals surface area contributed by atoms with Gasteiger partial charge in [0, 0.05) is 18.7 Å². The molecule has 2 rings (SSSR count). The summed E-state index contributed by atoms with van der Waals surface area (Å²) in [6.07, 6.45) is 0.319. The molecule has 2 unspecified atom stereocenters. The molecule has 0 saturated carbocycles. The fraction of sp³-hybridized carbons (Fsp3) is 0.500. The molecule has 2 N–H and O–H groups in total. The van der Waals surface area contributed by atoms with Crippen molar-refractivity contribution in [3.63, 3.8) is 0 Å². The lowest BCUT2D eigenvalue weighted by Crippen LogP contribution is -2.45. The van der Waals surface area contributed by atoms with E-state index in [9.17, 15) is 15.0 Å². The van der Waals surface area contributed by atoms with E-state index >= 15 is 0 Å². The number of carbonyl (C=O) groups is 1. The second kappa shape index (κ2) is 4.98. The van der Waals surface area contributed by atoms with Crippen LogP contribution in [0.2, 0.25) is 0 Å². The highest BCUT2D eigenvalue weighted by Crippen LogP contribution is 2.21. The molecule has 0 aromatic heterocycles. The molecule has 0 bridgehead atoms. The van der Waals surface area contributed by atoms with Crippen LogP contribution in [0.3, 0.4) is 0 Å². The number of phenols is 1. The van der Waals surface area contributed by atoms with Crippen LogP contribution >= 0.6 is 0 Å². The van der Waals surface area contributed by atoms with Gasteiger partial charge in [-0.05, 0) is 43.0 Å². The van der Waals surface area contributed by atoms with Crippen molar-refractivity contribution in [1.82, 2.24) is 4.90 Å². The molecule has 1 heterocycles. The van der Waals surface area contributed by atoms with E-state index in [0.717, 1.165) is 5.56 Å². The fourth-order valence-electron chi connectivity index (χ4n) is 2.38. The number of amides is 1. The van der Waals surface area contributed by atoms with Gasteiger partial charge >= 0.3 is 0 Å². The molecule has 1 amide bonds. The van der Waals surface area contributed by atoms with Crippen molar-refractivity contribution in [2.45, 2.75) is 26.4 Å². The Hall–Kier alpha value is -1.55. The van der Waals surface area contributed by atoms with Gasteiger partial charge in [-0.25, -0.2) is 0 Å². The second-order valence-corrected chi connectivity index (χ2v) is 5.08. The number of nitrogens with zero attached hydrogens (tertiary/aromatic N) is 1. The van der Waals surface area contributed by atoms with E-state index < -0.39 is 0 Å². The molecular formula is C14H19NO3. The minimum atomic E-state index is -0.310. The first-order chi connectivity index (χ1) is 8.49. The third-order valence-corrected chi connectivity index (χ3v) is 3.59. The number of benzene rings is 1. The number of piperidine rings is 1. The van der Waals surface area contributed by atoms with Gasteiger partial charge < -0.3 is 15.1 Å². The van der Waals surface area contributed by atoms with Gasteiger partial charge in [-0.3, -0.25) is 4.79 Å². The largest absolute Gasteiger partial charge is 0.508 e. The molecule has 0 spiro atoms. The zero-order chi connectivity index (χ0) is 13.3. The average Bonchev–Trinajstić information content (AvgIpc) is 2.32. The Kier molecular flexibility index (Phi) is 3.57. The summed E-state index contributed by atoms with van der Waals surface area (Å²) >= 11 is 0. The van der Waals surface area contributed by atoms with Crippen LogP contribution in [0.1, 0.15) is 29.3 Å². The van der Waals surface area contributed by atoms with Gasteiger partial charge in [0.1, 0.15) is 5.75 Å². The number of rotatable bonds is 1. The number of phenolic OH excluding ortho intramolecular Hbond substituents is 1. The van der Waals surface area contributed by atoms with E-state index in [2.05, 4.69) is 0 Å². The van der Waals surface area contributed by atoms with Gasteiger partial charge in [-0.1, -0.05) is 6.92 Å². The maximum Gasteiger partial charge on any atom is 0.254 e. The molecule has 1 fully saturated rings. The maximum absolute atomic E-state index is 12.3. The van der Waals surface area contributed by atoms with Gasteiger partial charge in [0.15, 0.2) is 0 Å². The van der Waals surface area contributed by atoms with E-state index in [1.807, 2.05) is 13.8 Å². The van der Waals surface area contributed by atoms with E-state index in [0.29, 0.717) is 25.1 Å². The van der Waals surface area contributed by atoms with Gasteiger partial charge in [0.2, 0.25) is 0 Å². The number of aliphatic hydroxyl groups excluding tert-OH is 1. The van der Waals surface area contributed by atoms with E-state index in [-0.39, 0.29) is 23.7 Å². The molecule has 1 aliphatic rings. The minimum absolute atomic E-state index is 0.0220. The van der Waals surface area contributed by atoms with E-state index in [4.69, 9.17) is 0 Å². The van der Waals surface area contributed by atoms with Crippen LogP contribution in [0, 0.1) is 12.8 Å². The number of hydrogen-bond acceptors (Lipinski definition) is 3. The molecule has 1 aromatic rings. The molecule has 2 atom stereocenters. The van der Waals surface area contributed by atoms with Crippen molar-refractivity contribution in [3.05, 3.63) is 29.3 Å². The van der Waals surface area contributed by atoms with Crippen LogP contribution in [0.4, 0.5) is 0 Å². The Morgan fingerprint density at radius 1 is 1.44 bits per heavy atom. The number of hydrogen-bond donors (Lipinski definition) is 2. The number of carbonyl (C=O) groups excluding carboxylic acids is 1. The lowest BCUT2D eigenvalue weighted by atomic mass is 9.95. The van der Waals surface area contributed by atoms with Crippen LogP contribution in [0.5, 0.6) is 5.75 Å². The smallest absolute Gasteiger partial charge is 0.254 e. The number of aromatic hydroxyl groups is 1. The highest BCUT2D eigenvalue weighted by Gasteiger charge is 2.28. The summed E-state index contributed by atoms with van der Waals surface area (Å²) in [5.41, 5.74) is 1.40. The molecule has 1 saturated heterocycles. The topological polar surface area (TPSA) is 60.8 Å². The predicted molar refractivity (Wildman–Crippen MR) is 68.5 cm³/mol. The molecule has 98 valence electrons. The van der Waals surface area contributed by atoms with Crippen molar-refractivity contribution in [2.75, 3.05) is 13.1 Å². The fourth-order valence-corrected chi connectivity index (χ4v) is 2.38. The first kappa shape index (κ1) is 12.9. The summed E-state index contributed by atoms with van der Waals surface area (Å²) in [5, 5.41) is 19.0. The van der Waals surface area contributed by atoms with Crippen molar-refractivity contribution >= 4 is 5.91 Å². The molecule has 1 aromatic carbocycles. The van der Waals surface area contributed by atoms with Crippen LogP contribution in [-0.4, -0.2) is 40.2 Å². The summed E-state index contributed by atoms with van der Waals surface area (Å²) in [6.45, 7) is 4.94. The highest BCUT2D eigenvalue weighted by atomic mass is 16.3. The molecule has 0 aliphatic carbocycles. The van der Waals surface area contributed by atoms with E-state index in [1.54, 1.807) is 17.0 Å². The Bertz CT molecular complexity index is 458. The summed E-state index contributed by atoms with van der Waals surface area (Å²) < 4.78 is 0. The minimum Gasteiger partial charge on any atom is -0.508 e. The molecule has 1 aliphatic heterocycles. The lowest BCUT2D eigenvalue weighted by Gasteiger charge is -2.34. The second-order valence-electron chi connectivity index (χ2n) is 5.08. The van der Waals surface area contributed by atoms with Crippen LogP contribution in [-0.2, 0) is 0 Å². The summed E-state index contributed by atoms with van der Waals surface area (Å²) in [4.78, 5) is 14.1. The van der Waals surface area contributed by atoms with Crippen molar-refractivity contribution in [3.8, 4) is 5.75 Å². The third-order valence-electron chi connectivity index (χ3n) is 3.59. The Balaban J connectivity index is 2.16. The van der Waals surface area contributed by atoms with Gasteiger partial charge in [0.05, 0.1) is 6.10 Å². The van der Waals surface area contributed by atoms with Crippen molar-refractivity contribution in [1.29, 1.82) is 0 Å². The first-order valence-corrected chi connectivity index (χ1v) is 6.26. The van der Waals surface area contributed by atoms with Crippen LogP contribution in [0.15, 0.2) is 18.2 Å². The zero-order valence-corrected chi connectivity index (χ0v) is 10.8. The predicted octanol–water partition coefficient (Wildman–Crippen LogP) is 1.54. The molecule has 4 heteroatoms. The Labute approximate surface area is 107 Å². The van der Waals surface area contributed by atoms with Crippen LogP contribution in [0.25, 0.3) is 0 Å². The molecule has 0 radical (unpaired) electrons. The Morgan fingerprint density at radius 2 is 2.17 bits per heavy atom. The monoisotopic (exact) mass is 249 g/mol. The average molecular weight is 249 g/mol. The summed E-state index contributed by atoms with van der Waals surface area (Å²) in [6, 6.07) is 4.78. The molecule has 4 nitrogen and oxygen atoms in total. The molecular weight excluding hydrogens is 230 g/mol. The quantitative estimate of drug-likeness (QED) is 0.793. The van der Waals surface area contributed by atoms with E-state index in [1.165, 1.54) is 6.07 Å². The van der Waals surface area contributed by atoms with Crippen molar-refractivity contribution < 1.29 is 15.0 Å². The number of aryl methyl sites for hydroxylation is 1. The van der Waals surface area contributed by atoms with Gasteiger partial charge in [0.25, 0.3) is 5.91 Å². The Morgan fingerprint density at radius 3 is 2.78 bits per heavy atom. The standard InChI is InChI=1S/C14H19NO3/c1-9-7-11(16)3-4-12(9)14(18)15-6-5-13(17)10(2)8-15/h3-4,7,10,13,16-17H,5-6,8H2,1-2H3. The summed E-state index contributed by atoms with van der Waals surface area (Å²) in [7, 11) is 0. The van der Waals surface area contributed by atoms with Gasteiger partial charge in [-0.2, -0.15) is 0 Å². The normalized spacial score (nSPS) is 24.1. The lowest BCUT2D eigenvalue weighted by molar-refractivity contribution is 0.0297. The summed E-state index contributed by atoms with van der Waals surface area (Å²) in [5.74, 6) is 0.262.